The van der Waals surface area contributed by atoms with Gasteiger partial charge in [0, 0.05) is 5.41 Å². The highest BCUT2D eigenvalue weighted by Crippen LogP contribution is 2.68. The Morgan fingerprint density at radius 3 is 2.47 bits per heavy atom. The first kappa shape index (κ1) is 24.9. The summed E-state index contributed by atoms with van der Waals surface area (Å²) >= 11 is 5.84. The van der Waals surface area contributed by atoms with Gasteiger partial charge in [-0.2, -0.15) is 0 Å². The molecule has 0 heterocycles. The Morgan fingerprint density at radius 2 is 1.75 bits per heavy atom. The molecule has 0 N–H and O–H groups in total. The molecular weight excluding hydrogens is 416 g/mol. The molecule has 0 saturated heterocycles. The van der Waals surface area contributed by atoms with Crippen molar-refractivity contribution in [1.29, 1.82) is 0 Å². The first-order chi connectivity index (χ1) is 15.2. The third-order valence-corrected chi connectivity index (χ3v) is 11.5. The quantitative estimate of drug-likeness (QED) is 0.280. The summed E-state index contributed by atoms with van der Waals surface area (Å²) in [5, 5.41) is 0. The van der Waals surface area contributed by atoms with Crippen molar-refractivity contribution in [1.82, 2.24) is 0 Å². The van der Waals surface area contributed by atoms with E-state index in [1.54, 1.807) is 0 Å². The molecule has 3 heteroatoms. The maximum Gasteiger partial charge on any atom is 0.321 e. The fraction of sp³-hybridized carbons (Fsp3) is 0.966. The Kier molecular flexibility index (Phi) is 7.61. The number of esters is 1. The van der Waals surface area contributed by atoms with Crippen LogP contribution < -0.4 is 0 Å². The predicted molar refractivity (Wildman–Crippen MR) is 134 cm³/mol. The van der Waals surface area contributed by atoms with Crippen molar-refractivity contribution >= 4 is 17.6 Å². The fourth-order valence-corrected chi connectivity index (χ4v) is 9.75. The van der Waals surface area contributed by atoms with E-state index in [9.17, 15) is 4.79 Å². The van der Waals surface area contributed by atoms with E-state index in [0.29, 0.717) is 5.41 Å². The molecule has 0 aromatic rings. The summed E-state index contributed by atoms with van der Waals surface area (Å²) < 4.78 is 6.05. The lowest BCUT2D eigenvalue weighted by atomic mass is 9.44. The van der Waals surface area contributed by atoms with Crippen LogP contribution in [0.2, 0.25) is 0 Å². The topological polar surface area (TPSA) is 26.3 Å². The van der Waals surface area contributed by atoms with Crippen LogP contribution in [0.4, 0.5) is 0 Å². The molecule has 4 aliphatic carbocycles. The molecule has 0 aromatic carbocycles. The van der Waals surface area contributed by atoms with Gasteiger partial charge in [-0.15, -0.1) is 11.6 Å². The number of alkyl halides is 1. The lowest BCUT2D eigenvalue weighted by molar-refractivity contribution is -0.190. The molecule has 4 fully saturated rings. The number of rotatable bonds is 7. The van der Waals surface area contributed by atoms with Crippen LogP contribution in [-0.2, 0) is 9.53 Å². The lowest BCUT2D eigenvalue weighted by Gasteiger charge is -2.62. The van der Waals surface area contributed by atoms with Crippen LogP contribution in [0.15, 0.2) is 0 Å². The van der Waals surface area contributed by atoms with Crippen molar-refractivity contribution in [2.45, 2.75) is 118 Å². The van der Waals surface area contributed by atoms with Crippen LogP contribution >= 0.6 is 11.6 Å². The lowest BCUT2D eigenvalue weighted by Crippen LogP contribution is -2.58. The SMILES string of the molecule is CC(C)CCC[C@@H](C)[C@H]1CC[C@H]2[C@@H]3CCC4CCCC(OC(=O)CCl)[C@]4(C)[C@H]3CC[C@]12C. The number of halogens is 1. The van der Waals surface area contributed by atoms with Gasteiger partial charge in [0.1, 0.15) is 12.0 Å². The monoisotopic (exact) mass is 464 g/mol. The summed E-state index contributed by atoms with van der Waals surface area (Å²) in [6.45, 7) is 12.5. The molecule has 0 aromatic heterocycles. The molecule has 4 aliphatic rings. The summed E-state index contributed by atoms with van der Waals surface area (Å²) in [4.78, 5) is 12.2. The summed E-state index contributed by atoms with van der Waals surface area (Å²) in [5.74, 6) is 5.53. The molecular formula is C29H49ClO2. The molecule has 0 spiro atoms. The second-order valence-electron chi connectivity index (χ2n) is 13.1. The molecule has 0 radical (unpaired) electrons. The number of fused-ring (bicyclic) bond motifs is 5. The van der Waals surface area contributed by atoms with Crippen LogP contribution in [0.1, 0.15) is 112 Å². The molecule has 0 aliphatic heterocycles. The van der Waals surface area contributed by atoms with Gasteiger partial charge in [-0.3, -0.25) is 4.79 Å². The average Bonchev–Trinajstić information content (AvgIpc) is 3.11. The van der Waals surface area contributed by atoms with E-state index in [1.807, 2.05) is 0 Å². The van der Waals surface area contributed by atoms with Crippen LogP contribution in [0.25, 0.3) is 0 Å². The zero-order chi connectivity index (χ0) is 23.1. The minimum Gasteiger partial charge on any atom is -0.461 e. The van der Waals surface area contributed by atoms with Gasteiger partial charge in [0.25, 0.3) is 0 Å². The molecule has 184 valence electrons. The minimum atomic E-state index is -0.211. The second-order valence-corrected chi connectivity index (χ2v) is 13.4. The fourth-order valence-electron chi connectivity index (χ4n) is 9.69. The van der Waals surface area contributed by atoms with Gasteiger partial charge in [-0.25, -0.2) is 0 Å². The summed E-state index contributed by atoms with van der Waals surface area (Å²) in [5.41, 5.74) is 0.684. The van der Waals surface area contributed by atoms with E-state index in [0.717, 1.165) is 47.8 Å². The van der Waals surface area contributed by atoms with Crippen molar-refractivity contribution in [2.24, 2.45) is 52.3 Å². The Hall–Kier alpha value is -0.240. The maximum atomic E-state index is 12.2. The van der Waals surface area contributed by atoms with Crippen LogP contribution in [0.3, 0.4) is 0 Å². The summed E-state index contributed by atoms with van der Waals surface area (Å²) in [6.07, 6.45) is 16.2. The number of carbonyl (C=O) groups excluding carboxylic acids is 1. The van der Waals surface area contributed by atoms with E-state index in [1.165, 1.54) is 70.6 Å². The highest BCUT2D eigenvalue weighted by molar-refractivity contribution is 6.26. The molecule has 2 nitrogen and oxygen atoms in total. The summed E-state index contributed by atoms with van der Waals surface area (Å²) in [7, 11) is 0. The number of hydrogen-bond acceptors (Lipinski definition) is 2. The zero-order valence-corrected chi connectivity index (χ0v) is 22.3. The molecule has 4 saturated carbocycles. The largest absolute Gasteiger partial charge is 0.461 e. The van der Waals surface area contributed by atoms with Crippen molar-refractivity contribution < 1.29 is 9.53 Å². The van der Waals surface area contributed by atoms with E-state index in [-0.39, 0.29) is 23.4 Å². The van der Waals surface area contributed by atoms with Gasteiger partial charge >= 0.3 is 5.97 Å². The van der Waals surface area contributed by atoms with Crippen LogP contribution in [0.5, 0.6) is 0 Å². The Balaban J connectivity index is 1.51. The van der Waals surface area contributed by atoms with Crippen molar-refractivity contribution in [3.8, 4) is 0 Å². The van der Waals surface area contributed by atoms with E-state index >= 15 is 0 Å². The van der Waals surface area contributed by atoms with Crippen molar-refractivity contribution in [3.63, 3.8) is 0 Å². The van der Waals surface area contributed by atoms with E-state index < -0.39 is 0 Å². The minimum absolute atomic E-state index is 0.0115. The highest BCUT2D eigenvalue weighted by Gasteiger charge is 2.62. The number of hydrogen-bond donors (Lipinski definition) is 0. The van der Waals surface area contributed by atoms with E-state index in [2.05, 4.69) is 34.6 Å². The molecule has 0 amide bonds. The van der Waals surface area contributed by atoms with E-state index in [4.69, 9.17) is 16.3 Å². The van der Waals surface area contributed by atoms with Gasteiger partial charge in [-0.05, 0) is 105 Å². The first-order valence-electron chi connectivity index (χ1n) is 14.0. The predicted octanol–water partition coefficient (Wildman–Crippen LogP) is 8.26. The molecule has 32 heavy (non-hydrogen) atoms. The molecule has 4 rings (SSSR count). The Morgan fingerprint density at radius 1 is 0.969 bits per heavy atom. The van der Waals surface area contributed by atoms with Gasteiger partial charge in [-0.1, -0.05) is 53.9 Å². The third kappa shape index (κ3) is 4.29. The molecule has 2 unspecified atom stereocenters. The van der Waals surface area contributed by atoms with Crippen LogP contribution in [0, 0.1) is 52.3 Å². The normalized spacial score (nSPS) is 44.5. The van der Waals surface area contributed by atoms with Crippen LogP contribution in [-0.4, -0.2) is 18.0 Å². The second kappa shape index (κ2) is 9.79. The maximum absolute atomic E-state index is 12.2. The standard InChI is InChI=1S/C29H49ClO2/c1-19(2)8-6-9-20(3)23-14-15-24-22-13-12-21-10-7-11-26(32-27(31)18-30)29(21,5)25(22)16-17-28(23,24)4/h19-26H,6-18H2,1-5H3/t20-,21?,22+,23-,24+,25+,26?,28-,29+/m1/s1. The van der Waals surface area contributed by atoms with Gasteiger partial charge < -0.3 is 4.74 Å². The Bertz CT molecular complexity index is 662. The number of carbonyl (C=O) groups is 1. The van der Waals surface area contributed by atoms with Crippen molar-refractivity contribution in [3.05, 3.63) is 0 Å². The smallest absolute Gasteiger partial charge is 0.321 e. The summed E-state index contributed by atoms with van der Waals surface area (Å²) in [6, 6.07) is 0. The average molecular weight is 465 g/mol. The van der Waals surface area contributed by atoms with Crippen molar-refractivity contribution in [2.75, 3.05) is 5.88 Å². The molecule has 9 atom stereocenters. The zero-order valence-electron chi connectivity index (χ0n) is 21.5. The van der Waals surface area contributed by atoms with Gasteiger partial charge in [0.15, 0.2) is 0 Å². The molecule has 0 bridgehead atoms. The highest BCUT2D eigenvalue weighted by atomic mass is 35.5. The number of ether oxygens (including phenoxy) is 1. The Labute approximate surface area is 203 Å². The van der Waals surface area contributed by atoms with Gasteiger partial charge in [0.05, 0.1) is 0 Å². The third-order valence-electron chi connectivity index (χ3n) is 11.3. The first-order valence-corrected chi connectivity index (χ1v) is 14.5. The van der Waals surface area contributed by atoms with Gasteiger partial charge in [0.2, 0.25) is 0 Å².